The molecule has 2 N–H and O–H groups in total. The first-order chi connectivity index (χ1) is 12.2. The Morgan fingerprint density at radius 2 is 2.24 bits per heavy atom. The fourth-order valence-electron chi connectivity index (χ4n) is 3.51. The molecular weight excluding hydrogens is 427 g/mol. The average Bonchev–Trinajstić information content (AvgIpc) is 3.01. The summed E-state index contributed by atoms with van der Waals surface area (Å²) in [5.41, 5.74) is 5.19. The van der Waals surface area contributed by atoms with Gasteiger partial charge < -0.3 is 10.1 Å². The smallest absolute Gasteiger partial charge is 0.136 e. The number of ether oxygens (including phenoxy) is 1. The maximum atomic E-state index is 9.30. The number of methoxy groups -OCH3 is 1. The highest BCUT2D eigenvalue weighted by molar-refractivity contribution is 14.1. The van der Waals surface area contributed by atoms with E-state index in [4.69, 9.17) is 4.74 Å². The summed E-state index contributed by atoms with van der Waals surface area (Å²) in [5, 5.41) is 21.4. The van der Waals surface area contributed by atoms with Crippen LogP contribution in [0.2, 0.25) is 0 Å². The second kappa shape index (κ2) is 6.56. The van der Waals surface area contributed by atoms with Gasteiger partial charge in [-0.15, -0.1) is 0 Å². The Hall–Kier alpha value is -2.27. The Bertz CT molecular complexity index is 989. The molecule has 0 amide bonds. The molecule has 0 fully saturated rings. The molecule has 1 aliphatic rings. The highest BCUT2D eigenvalue weighted by Gasteiger charge is 2.22. The van der Waals surface area contributed by atoms with E-state index in [1.807, 2.05) is 12.1 Å². The molecule has 0 spiro atoms. The van der Waals surface area contributed by atoms with E-state index in [9.17, 15) is 5.26 Å². The van der Waals surface area contributed by atoms with E-state index >= 15 is 0 Å². The summed E-state index contributed by atoms with van der Waals surface area (Å²) in [4.78, 5) is 0. The van der Waals surface area contributed by atoms with Crippen LogP contribution in [-0.2, 0) is 6.42 Å². The normalized spacial score (nSPS) is 16.3. The van der Waals surface area contributed by atoms with Crippen LogP contribution in [0.15, 0.2) is 30.3 Å². The van der Waals surface area contributed by atoms with Crippen molar-refractivity contribution >= 4 is 39.2 Å². The van der Waals surface area contributed by atoms with Gasteiger partial charge in [-0.2, -0.15) is 10.4 Å². The molecule has 1 aliphatic carbocycles. The number of nitrogens with one attached hydrogen (secondary N) is 2. The predicted octanol–water partition coefficient (Wildman–Crippen LogP) is 4.54. The van der Waals surface area contributed by atoms with E-state index in [2.05, 4.69) is 62.4 Å². The van der Waals surface area contributed by atoms with E-state index in [0.29, 0.717) is 11.3 Å². The van der Waals surface area contributed by atoms with Crippen LogP contribution in [0.3, 0.4) is 0 Å². The van der Waals surface area contributed by atoms with Crippen molar-refractivity contribution in [3.05, 3.63) is 50.7 Å². The molecule has 5 nitrogen and oxygen atoms in total. The third-order valence-electron chi connectivity index (χ3n) is 4.75. The van der Waals surface area contributed by atoms with Gasteiger partial charge in [-0.3, -0.25) is 5.10 Å². The minimum atomic E-state index is 0.215. The Kier molecular flexibility index (Phi) is 4.25. The van der Waals surface area contributed by atoms with E-state index in [-0.39, 0.29) is 6.04 Å². The SMILES string of the molecule is COc1cc2c(cc1C#N)CCCC2Nc1ccc2[nH]nc(I)c2c1. The van der Waals surface area contributed by atoms with Gasteiger partial charge in [-0.25, -0.2) is 0 Å². The van der Waals surface area contributed by atoms with Gasteiger partial charge in [-0.05, 0) is 83.3 Å². The molecule has 6 heteroatoms. The summed E-state index contributed by atoms with van der Waals surface area (Å²) >= 11 is 2.24. The first kappa shape index (κ1) is 16.2. The van der Waals surface area contributed by atoms with Gasteiger partial charge in [0.2, 0.25) is 0 Å². The molecule has 4 rings (SSSR count). The summed E-state index contributed by atoms with van der Waals surface area (Å²) in [5.74, 6) is 0.648. The van der Waals surface area contributed by atoms with Crippen molar-refractivity contribution in [1.82, 2.24) is 10.2 Å². The number of hydrogen-bond acceptors (Lipinski definition) is 4. The van der Waals surface area contributed by atoms with Crippen molar-refractivity contribution < 1.29 is 4.74 Å². The van der Waals surface area contributed by atoms with Gasteiger partial charge in [0.15, 0.2) is 0 Å². The molecular formula is C19H17IN4O. The molecule has 1 heterocycles. The summed E-state index contributed by atoms with van der Waals surface area (Å²) in [6.45, 7) is 0. The number of H-pyrrole nitrogens is 1. The molecule has 0 saturated carbocycles. The maximum absolute atomic E-state index is 9.30. The lowest BCUT2D eigenvalue weighted by molar-refractivity contribution is 0.411. The predicted molar refractivity (Wildman–Crippen MR) is 106 cm³/mol. The Morgan fingerprint density at radius 1 is 1.36 bits per heavy atom. The minimum Gasteiger partial charge on any atom is -0.495 e. The van der Waals surface area contributed by atoms with Crippen LogP contribution in [0, 0.1) is 15.0 Å². The quantitative estimate of drug-likeness (QED) is 0.582. The first-order valence-corrected chi connectivity index (χ1v) is 9.28. The molecule has 0 saturated heterocycles. The summed E-state index contributed by atoms with van der Waals surface area (Å²) in [6, 6.07) is 12.7. The number of nitrogens with zero attached hydrogens (tertiary/aromatic N) is 2. The number of rotatable bonds is 3. The zero-order valence-electron chi connectivity index (χ0n) is 13.8. The number of halogens is 1. The second-order valence-corrected chi connectivity index (χ2v) is 7.25. The zero-order valence-corrected chi connectivity index (χ0v) is 15.9. The third-order valence-corrected chi connectivity index (χ3v) is 5.58. The van der Waals surface area contributed by atoms with Gasteiger partial charge in [0.25, 0.3) is 0 Å². The molecule has 1 aromatic heterocycles. The van der Waals surface area contributed by atoms with Crippen LogP contribution in [-0.4, -0.2) is 17.3 Å². The zero-order chi connectivity index (χ0) is 17.4. The number of hydrogen-bond donors (Lipinski definition) is 2. The van der Waals surface area contributed by atoms with E-state index in [1.165, 1.54) is 11.1 Å². The van der Waals surface area contributed by atoms with Gasteiger partial charge >= 0.3 is 0 Å². The minimum absolute atomic E-state index is 0.215. The summed E-state index contributed by atoms with van der Waals surface area (Å²) in [7, 11) is 1.61. The molecule has 0 bridgehead atoms. The highest BCUT2D eigenvalue weighted by Crippen LogP contribution is 2.37. The molecule has 1 unspecified atom stereocenters. The molecule has 1 atom stereocenters. The van der Waals surface area contributed by atoms with E-state index in [0.717, 1.165) is 39.6 Å². The van der Waals surface area contributed by atoms with Gasteiger partial charge in [0.05, 0.1) is 24.2 Å². The fourth-order valence-corrected chi connectivity index (χ4v) is 4.08. The first-order valence-electron chi connectivity index (χ1n) is 8.20. The van der Waals surface area contributed by atoms with Crippen LogP contribution < -0.4 is 10.1 Å². The van der Waals surface area contributed by atoms with E-state index in [1.54, 1.807) is 7.11 Å². The second-order valence-electron chi connectivity index (χ2n) is 6.23. The van der Waals surface area contributed by atoms with Crippen molar-refractivity contribution in [3.8, 4) is 11.8 Å². The molecule has 0 radical (unpaired) electrons. The molecule has 2 aromatic carbocycles. The van der Waals surface area contributed by atoms with E-state index < -0.39 is 0 Å². The van der Waals surface area contributed by atoms with Crippen molar-refractivity contribution in [1.29, 1.82) is 5.26 Å². The number of anilines is 1. The Labute approximate surface area is 159 Å². The lowest BCUT2D eigenvalue weighted by Gasteiger charge is -2.28. The van der Waals surface area contributed by atoms with Crippen LogP contribution in [0.1, 0.15) is 35.6 Å². The van der Waals surface area contributed by atoms with Crippen LogP contribution in [0.4, 0.5) is 5.69 Å². The van der Waals surface area contributed by atoms with Crippen molar-refractivity contribution in [2.24, 2.45) is 0 Å². The lowest BCUT2D eigenvalue weighted by atomic mass is 9.86. The van der Waals surface area contributed by atoms with Crippen LogP contribution in [0.25, 0.3) is 10.9 Å². The largest absolute Gasteiger partial charge is 0.495 e. The molecule has 3 aromatic rings. The monoisotopic (exact) mass is 444 g/mol. The van der Waals surface area contributed by atoms with Crippen molar-refractivity contribution in [3.63, 3.8) is 0 Å². The third kappa shape index (κ3) is 2.93. The van der Waals surface area contributed by atoms with Crippen molar-refractivity contribution in [2.45, 2.75) is 25.3 Å². The lowest BCUT2D eigenvalue weighted by Crippen LogP contribution is -2.18. The number of fused-ring (bicyclic) bond motifs is 2. The maximum Gasteiger partial charge on any atom is 0.136 e. The summed E-state index contributed by atoms with van der Waals surface area (Å²) in [6.07, 6.45) is 3.17. The number of benzene rings is 2. The Balaban J connectivity index is 1.70. The topological polar surface area (TPSA) is 73.7 Å². The fraction of sp³-hybridized carbons (Fsp3) is 0.263. The van der Waals surface area contributed by atoms with Gasteiger partial charge in [0.1, 0.15) is 15.5 Å². The average molecular weight is 444 g/mol. The van der Waals surface area contributed by atoms with Gasteiger partial charge in [-0.1, -0.05) is 0 Å². The number of aromatic amines is 1. The number of aromatic nitrogens is 2. The van der Waals surface area contributed by atoms with Crippen LogP contribution in [0.5, 0.6) is 5.75 Å². The number of aryl methyl sites for hydroxylation is 1. The molecule has 25 heavy (non-hydrogen) atoms. The number of nitriles is 1. The van der Waals surface area contributed by atoms with Crippen LogP contribution >= 0.6 is 22.6 Å². The standard InChI is InChI=1S/C19H17IN4O/c1-25-18-9-14-11(7-12(18)10-21)3-2-4-16(14)22-13-5-6-17-15(8-13)19(20)24-23-17/h5-9,16,22H,2-4H2,1H3,(H,23,24). The molecule has 0 aliphatic heterocycles. The summed E-state index contributed by atoms with van der Waals surface area (Å²) < 4.78 is 6.37. The van der Waals surface area contributed by atoms with Crippen molar-refractivity contribution in [2.75, 3.05) is 12.4 Å². The van der Waals surface area contributed by atoms with Gasteiger partial charge in [0, 0.05) is 11.1 Å². The molecule has 126 valence electrons. The highest BCUT2D eigenvalue weighted by atomic mass is 127. The Morgan fingerprint density at radius 3 is 3.04 bits per heavy atom.